The van der Waals surface area contributed by atoms with Gasteiger partial charge in [-0.05, 0) is 48.0 Å². The summed E-state index contributed by atoms with van der Waals surface area (Å²) in [5, 5.41) is 12.3. The molecular weight excluding hydrogens is 555 g/mol. The minimum absolute atomic E-state index is 0. The number of likely N-dealkylation sites (tertiary alicyclic amines) is 1. The van der Waals surface area contributed by atoms with Gasteiger partial charge in [0.15, 0.2) is 0 Å². The van der Waals surface area contributed by atoms with Gasteiger partial charge in [-0.15, -0.1) is 0 Å². The average Bonchev–Trinajstić information content (AvgIpc) is 3.44. The van der Waals surface area contributed by atoms with Crippen molar-refractivity contribution >= 4 is 52.6 Å². The molecule has 2 aromatic carbocycles. The lowest BCUT2D eigenvalue weighted by atomic mass is 9.80. The average molecular weight is 579 g/mol. The predicted octanol–water partition coefficient (Wildman–Crippen LogP) is 3.70. The van der Waals surface area contributed by atoms with Crippen LogP contribution in [0, 0.1) is 11.3 Å². The van der Waals surface area contributed by atoms with Crippen LogP contribution in [0.1, 0.15) is 28.8 Å². The SMILES string of the molecule is CN1C(=O)N(c2cc(Cl)cc(Cl)c2)C(=O)[C@]12CN(C(=O)CNC(=O)c1cccnc1)C[C@H]2c1ccc(C#N)cc1.[HH]. The van der Waals surface area contributed by atoms with Gasteiger partial charge in [0.1, 0.15) is 5.54 Å². The first kappa shape index (κ1) is 27.1. The quantitative estimate of drug-likeness (QED) is 0.460. The largest absolute Gasteiger partial charge is 0.343 e. The van der Waals surface area contributed by atoms with Crippen molar-refractivity contribution < 1.29 is 20.6 Å². The summed E-state index contributed by atoms with van der Waals surface area (Å²) < 4.78 is 0. The molecule has 204 valence electrons. The van der Waals surface area contributed by atoms with Crippen LogP contribution in [0.5, 0.6) is 0 Å². The van der Waals surface area contributed by atoms with E-state index < -0.39 is 35.2 Å². The molecule has 0 radical (unpaired) electrons. The minimum Gasteiger partial charge on any atom is -0.343 e. The normalized spacial score (nSPS) is 20.2. The van der Waals surface area contributed by atoms with Crippen molar-refractivity contribution in [2.45, 2.75) is 11.5 Å². The highest BCUT2D eigenvalue weighted by molar-refractivity contribution is 6.36. The van der Waals surface area contributed by atoms with Crippen molar-refractivity contribution in [3.63, 3.8) is 0 Å². The number of aromatic nitrogens is 1. The van der Waals surface area contributed by atoms with Crippen LogP contribution in [0.4, 0.5) is 10.5 Å². The molecule has 1 aromatic heterocycles. The second kappa shape index (κ2) is 10.6. The molecule has 3 heterocycles. The number of halogens is 2. The van der Waals surface area contributed by atoms with E-state index >= 15 is 0 Å². The highest BCUT2D eigenvalue weighted by Gasteiger charge is 2.65. The molecule has 2 fully saturated rings. The number of likely N-dealkylation sites (N-methyl/N-ethyl adjacent to an activating group) is 1. The highest BCUT2D eigenvalue weighted by Crippen LogP contribution is 2.46. The van der Waals surface area contributed by atoms with Crippen molar-refractivity contribution in [1.29, 1.82) is 5.26 Å². The van der Waals surface area contributed by atoms with Crippen LogP contribution < -0.4 is 10.2 Å². The maximum absolute atomic E-state index is 14.2. The number of hydrogen-bond acceptors (Lipinski definition) is 6. The van der Waals surface area contributed by atoms with Crippen LogP contribution in [-0.4, -0.2) is 70.8 Å². The van der Waals surface area contributed by atoms with Gasteiger partial charge in [-0.1, -0.05) is 35.3 Å². The van der Waals surface area contributed by atoms with Crippen molar-refractivity contribution in [3.8, 4) is 6.07 Å². The molecule has 1 spiro atoms. The maximum Gasteiger partial charge on any atom is 0.332 e. The second-order valence-corrected chi connectivity index (χ2v) is 10.4. The lowest BCUT2D eigenvalue weighted by Gasteiger charge is -2.33. The summed E-state index contributed by atoms with van der Waals surface area (Å²) in [6.45, 7) is -0.324. The van der Waals surface area contributed by atoms with Gasteiger partial charge in [0.2, 0.25) is 5.91 Å². The molecule has 0 unspecified atom stereocenters. The lowest BCUT2D eigenvalue weighted by molar-refractivity contribution is -0.130. The Morgan fingerprint density at radius 1 is 1.15 bits per heavy atom. The number of rotatable bonds is 5. The molecule has 12 heteroatoms. The predicted molar refractivity (Wildman–Crippen MR) is 149 cm³/mol. The van der Waals surface area contributed by atoms with Crippen LogP contribution in [-0.2, 0) is 9.59 Å². The second-order valence-electron chi connectivity index (χ2n) is 9.52. The molecule has 2 aliphatic rings. The summed E-state index contributed by atoms with van der Waals surface area (Å²) in [4.78, 5) is 61.3. The number of benzene rings is 2. The van der Waals surface area contributed by atoms with Gasteiger partial charge >= 0.3 is 6.03 Å². The number of hydrogen-bond donors (Lipinski definition) is 1. The molecule has 0 saturated carbocycles. The van der Waals surface area contributed by atoms with E-state index in [2.05, 4.69) is 16.4 Å². The Morgan fingerprint density at radius 2 is 1.85 bits per heavy atom. The third-order valence-electron chi connectivity index (χ3n) is 7.29. The number of amides is 5. The van der Waals surface area contributed by atoms with Crippen LogP contribution in [0.2, 0.25) is 10.0 Å². The maximum atomic E-state index is 14.2. The zero-order valence-electron chi connectivity index (χ0n) is 21.2. The molecule has 3 aromatic rings. The number of nitriles is 1. The molecule has 2 saturated heterocycles. The van der Waals surface area contributed by atoms with Gasteiger partial charge in [0, 0.05) is 43.4 Å². The van der Waals surface area contributed by atoms with E-state index in [1.165, 1.54) is 47.4 Å². The van der Waals surface area contributed by atoms with Crippen molar-refractivity contribution in [2.75, 3.05) is 31.6 Å². The van der Waals surface area contributed by atoms with Crippen molar-refractivity contribution in [1.82, 2.24) is 20.1 Å². The molecule has 0 bridgehead atoms. The van der Waals surface area contributed by atoms with E-state index in [4.69, 9.17) is 23.2 Å². The Labute approximate surface area is 241 Å². The molecule has 10 nitrogen and oxygen atoms in total. The fourth-order valence-corrected chi connectivity index (χ4v) is 5.78. The first-order valence-electron chi connectivity index (χ1n) is 12.2. The Balaban J connectivity index is 0.00000387. The fraction of sp³-hybridized carbons (Fsp3) is 0.214. The van der Waals surface area contributed by atoms with Gasteiger partial charge in [0.25, 0.3) is 11.8 Å². The fourth-order valence-electron chi connectivity index (χ4n) is 5.26. The minimum atomic E-state index is -1.46. The van der Waals surface area contributed by atoms with Crippen LogP contribution in [0.15, 0.2) is 67.0 Å². The van der Waals surface area contributed by atoms with Gasteiger partial charge in [-0.25, -0.2) is 9.69 Å². The van der Waals surface area contributed by atoms with E-state index in [1.54, 1.807) is 36.4 Å². The molecule has 0 aliphatic carbocycles. The van der Waals surface area contributed by atoms with Crippen LogP contribution in [0.25, 0.3) is 0 Å². The van der Waals surface area contributed by atoms with E-state index in [0.29, 0.717) is 16.7 Å². The standard InChI is InChI=1S/C28H22Cl2N6O4.H2/c1-34-27(40)36(22-10-20(29)9-21(30)11-22)26(39)28(34)16-35(15-23(28)18-6-4-17(12-31)5-7-18)24(37)14-33-25(38)19-3-2-8-32-13-19;/h2-11,13,23H,14-16H2,1H3,(H,33,38);1H/t23-,28+;/m0./s1. The summed E-state index contributed by atoms with van der Waals surface area (Å²) in [7, 11) is 1.52. The van der Waals surface area contributed by atoms with Gasteiger partial charge in [0.05, 0.1) is 36.0 Å². The highest BCUT2D eigenvalue weighted by atomic mass is 35.5. The van der Waals surface area contributed by atoms with Gasteiger partial charge < -0.3 is 15.1 Å². The Morgan fingerprint density at radius 3 is 2.48 bits per heavy atom. The first-order chi connectivity index (χ1) is 19.1. The summed E-state index contributed by atoms with van der Waals surface area (Å²) >= 11 is 12.3. The Bertz CT molecular complexity index is 1550. The monoisotopic (exact) mass is 578 g/mol. The number of anilines is 1. The van der Waals surface area contributed by atoms with Gasteiger partial charge in [-0.3, -0.25) is 19.4 Å². The first-order valence-corrected chi connectivity index (χ1v) is 13.0. The number of carbonyl (C=O) groups excluding carboxylic acids is 4. The topological polar surface area (TPSA) is 127 Å². The Kier molecular flexibility index (Phi) is 7.19. The zero-order valence-corrected chi connectivity index (χ0v) is 22.7. The van der Waals surface area contributed by atoms with Crippen molar-refractivity contribution in [2.24, 2.45) is 0 Å². The van der Waals surface area contributed by atoms with Crippen molar-refractivity contribution in [3.05, 3.63) is 93.7 Å². The molecule has 2 aliphatic heterocycles. The lowest BCUT2D eigenvalue weighted by Crippen LogP contribution is -2.54. The summed E-state index contributed by atoms with van der Waals surface area (Å²) in [5.74, 6) is -2.06. The van der Waals surface area contributed by atoms with Crippen LogP contribution in [0.3, 0.4) is 0 Å². The number of nitrogens with zero attached hydrogens (tertiary/aromatic N) is 5. The zero-order chi connectivity index (χ0) is 28.6. The van der Waals surface area contributed by atoms with E-state index in [0.717, 1.165) is 4.90 Å². The van der Waals surface area contributed by atoms with E-state index in [-0.39, 0.29) is 36.8 Å². The molecule has 2 atom stereocenters. The number of pyridine rings is 1. The van der Waals surface area contributed by atoms with E-state index in [9.17, 15) is 24.4 Å². The molecule has 5 amide bonds. The van der Waals surface area contributed by atoms with E-state index in [1.807, 2.05) is 0 Å². The number of nitrogens with one attached hydrogen (secondary N) is 1. The number of carbonyl (C=O) groups is 4. The third-order valence-corrected chi connectivity index (χ3v) is 7.72. The number of imide groups is 1. The third kappa shape index (κ3) is 4.63. The Hall–Kier alpha value is -4.46. The summed E-state index contributed by atoms with van der Waals surface area (Å²) in [5.41, 5.74) is 0.161. The summed E-state index contributed by atoms with van der Waals surface area (Å²) in [6.07, 6.45) is 2.92. The number of urea groups is 1. The van der Waals surface area contributed by atoms with Gasteiger partial charge in [-0.2, -0.15) is 5.26 Å². The molecule has 1 N–H and O–H groups in total. The smallest absolute Gasteiger partial charge is 0.332 e. The molecule has 5 rings (SSSR count). The molecule has 40 heavy (non-hydrogen) atoms. The molecular formula is C28H24Cl2N6O4. The van der Waals surface area contributed by atoms with Crippen LogP contribution >= 0.6 is 23.2 Å². The summed E-state index contributed by atoms with van der Waals surface area (Å²) in [6, 6.07) is 15.8.